The Hall–Kier alpha value is -0.833. The molecule has 0 aromatic heterocycles. The highest BCUT2D eigenvalue weighted by Gasteiger charge is 2.46. The zero-order valence-corrected chi connectivity index (χ0v) is 14.0. The molecular formula is C15H27NO2Si. The lowest BCUT2D eigenvalue weighted by molar-refractivity contribution is -0.139. The molecule has 0 saturated carbocycles. The molecule has 3 atom stereocenters. The van der Waals surface area contributed by atoms with Gasteiger partial charge in [-0.05, 0) is 37.6 Å². The summed E-state index contributed by atoms with van der Waals surface area (Å²) >= 11 is 0. The number of rotatable bonds is 5. The third kappa shape index (κ3) is 3.59. The lowest BCUT2D eigenvalue weighted by Gasteiger charge is -2.45. The van der Waals surface area contributed by atoms with Crippen molar-refractivity contribution in [2.24, 2.45) is 5.92 Å². The van der Waals surface area contributed by atoms with Crippen LogP contribution in [0.25, 0.3) is 0 Å². The van der Waals surface area contributed by atoms with Crippen LogP contribution in [0.3, 0.4) is 0 Å². The summed E-state index contributed by atoms with van der Waals surface area (Å²) in [4.78, 5) is 11.8. The number of amides is 1. The highest BCUT2D eigenvalue weighted by molar-refractivity contribution is 6.74. The Bertz CT molecular complexity index is 391. The van der Waals surface area contributed by atoms with E-state index < -0.39 is 8.32 Å². The molecule has 108 valence electrons. The minimum absolute atomic E-state index is 0.0298. The number of carbonyl (C=O) groups is 1. The number of carbonyl (C=O) groups excluding carboxylic acids is 1. The number of hydrogen-bond acceptors (Lipinski definition) is 2. The predicted molar refractivity (Wildman–Crippen MR) is 81.5 cm³/mol. The molecule has 0 aliphatic carbocycles. The summed E-state index contributed by atoms with van der Waals surface area (Å²) in [7, 11) is -1.82. The fraction of sp³-hybridized carbons (Fsp3) is 0.733. The Morgan fingerprint density at radius 1 is 1.53 bits per heavy atom. The van der Waals surface area contributed by atoms with Crippen LogP contribution in [0.4, 0.5) is 0 Å². The van der Waals surface area contributed by atoms with Crippen LogP contribution in [0.5, 0.6) is 0 Å². The van der Waals surface area contributed by atoms with E-state index in [1.807, 2.05) is 13.0 Å². The maximum atomic E-state index is 11.8. The molecule has 1 fully saturated rings. The highest BCUT2D eigenvalue weighted by Crippen LogP contribution is 2.39. The van der Waals surface area contributed by atoms with Gasteiger partial charge in [-0.2, -0.15) is 0 Å². The van der Waals surface area contributed by atoms with Crippen molar-refractivity contribution in [2.45, 2.75) is 64.4 Å². The van der Waals surface area contributed by atoms with Crippen LogP contribution in [0, 0.1) is 5.92 Å². The lowest BCUT2D eigenvalue weighted by Crippen LogP contribution is -2.63. The zero-order valence-electron chi connectivity index (χ0n) is 13.0. The van der Waals surface area contributed by atoms with E-state index in [2.05, 4.69) is 51.5 Å². The second-order valence-electron chi connectivity index (χ2n) is 6.87. The minimum Gasteiger partial charge on any atom is -0.413 e. The molecule has 1 amide bonds. The maximum absolute atomic E-state index is 11.8. The van der Waals surface area contributed by atoms with E-state index >= 15 is 0 Å². The molecule has 4 heteroatoms. The molecule has 0 radical (unpaired) electrons. The van der Waals surface area contributed by atoms with Gasteiger partial charge in [-0.15, -0.1) is 5.73 Å². The molecule has 0 bridgehead atoms. The Morgan fingerprint density at radius 3 is 2.53 bits per heavy atom. The van der Waals surface area contributed by atoms with Crippen LogP contribution in [0.2, 0.25) is 18.1 Å². The van der Waals surface area contributed by atoms with E-state index in [1.165, 1.54) is 0 Å². The van der Waals surface area contributed by atoms with E-state index in [-0.39, 0.29) is 29.0 Å². The molecule has 1 rings (SSSR count). The van der Waals surface area contributed by atoms with E-state index in [0.717, 1.165) is 6.42 Å². The molecule has 1 saturated heterocycles. The van der Waals surface area contributed by atoms with Crippen LogP contribution in [-0.2, 0) is 9.22 Å². The van der Waals surface area contributed by atoms with Gasteiger partial charge >= 0.3 is 0 Å². The van der Waals surface area contributed by atoms with E-state index in [4.69, 9.17) is 4.43 Å². The summed E-state index contributed by atoms with van der Waals surface area (Å²) in [6, 6.07) is 0.168. The molecule has 1 aliphatic rings. The molecule has 1 N–H and O–H groups in total. The maximum Gasteiger partial charge on any atom is 0.228 e. The van der Waals surface area contributed by atoms with Gasteiger partial charge in [-0.25, -0.2) is 0 Å². The topological polar surface area (TPSA) is 38.3 Å². The van der Waals surface area contributed by atoms with Crippen molar-refractivity contribution in [1.82, 2.24) is 5.32 Å². The van der Waals surface area contributed by atoms with Crippen LogP contribution >= 0.6 is 0 Å². The number of β-lactam (4-membered cyclic amide) rings is 1. The van der Waals surface area contributed by atoms with Gasteiger partial charge in [-0.1, -0.05) is 27.4 Å². The molecule has 1 aliphatic heterocycles. The summed E-state index contributed by atoms with van der Waals surface area (Å²) in [5.41, 5.74) is 2.76. The average Bonchev–Trinajstić information content (AvgIpc) is 2.20. The Labute approximate surface area is 118 Å². The first-order valence-electron chi connectivity index (χ1n) is 6.92. The van der Waals surface area contributed by atoms with Gasteiger partial charge in [0.05, 0.1) is 12.0 Å². The average molecular weight is 281 g/mol. The second-order valence-corrected chi connectivity index (χ2v) is 11.6. The molecule has 0 spiro atoms. The SMILES string of the molecule is C=C=CC[C@H]1NC(=O)[C@@H]1[C@@H](C)O[Si](C)(C)C(C)(C)C. The summed E-state index contributed by atoms with van der Waals surface area (Å²) in [6.45, 7) is 16.7. The van der Waals surface area contributed by atoms with Gasteiger partial charge in [0, 0.05) is 6.04 Å². The standard InChI is InChI=1S/C15H27NO2Si/c1-8-9-10-12-13(14(17)16-12)11(2)18-19(6,7)15(3,4)5/h9,11-13H,1,10H2,2-7H3,(H,16,17)/t11-,12-,13-/m1/s1. The normalized spacial score (nSPS) is 25.1. The smallest absolute Gasteiger partial charge is 0.228 e. The Kier molecular flexibility index (Phi) is 4.83. The number of hydrogen-bond donors (Lipinski definition) is 1. The third-order valence-electron chi connectivity index (χ3n) is 4.37. The fourth-order valence-electron chi connectivity index (χ4n) is 2.13. The predicted octanol–water partition coefficient (Wildman–Crippen LogP) is 3.24. The van der Waals surface area contributed by atoms with Crippen LogP contribution in [0.15, 0.2) is 18.4 Å². The Balaban J connectivity index is 2.69. The molecule has 0 aromatic carbocycles. The summed E-state index contributed by atoms with van der Waals surface area (Å²) in [5.74, 6) is 0.0624. The zero-order chi connectivity index (χ0) is 14.8. The van der Waals surface area contributed by atoms with E-state index in [1.54, 1.807) is 0 Å². The first-order chi connectivity index (χ1) is 8.60. The van der Waals surface area contributed by atoms with Crippen LogP contribution < -0.4 is 5.32 Å². The molecule has 0 unspecified atom stereocenters. The molecule has 1 heterocycles. The van der Waals surface area contributed by atoms with Crippen molar-refractivity contribution in [3.63, 3.8) is 0 Å². The first-order valence-corrected chi connectivity index (χ1v) is 9.83. The first kappa shape index (κ1) is 16.2. The monoisotopic (exact) mass is 281 g/mol. The van der Waals surface area contributed by atoms with Crippen LogP contribution in [-0.4, -0.2) is 26.4 Å². The third-order valence-corrected chi connectivity index (χ3v) is 8.95. The summed E-state index contributed by atoms with van der Waals surface area (Å²) in [5, 5.41) is 3.10. The van der Waals surface area contributed by atoms with Gasteiger partial charge in [0.2, 0.25) is 5.91 Å². The fourth-order valence-corrected chi connectivity index (χ4v) is 3.56. The van der Waals surface area contributed by atoms with Gasteiger partial charge < -0.3 is 9.74 Å². The van der Waals surface area contributed by atoms with Crippen molar-refractivity contribution in [3.05, 3.63) is 18.4 Å². The quantitative estimate of drug-likeness (QED) is 0.477. The van der Waals surface area contributed by atoms with Crippen molar-refractivity contribution < 1.29 is 9.22 Å². The van der Waals surface area contributed by atoms with E-state index in [0.29, 0.717) is 0 Å². The van der Waals surface area contributed by atoms with E-state index in [9.17, 15) is 4.79 Å². The molecule has 19 heavy (non-hydrogen) atoms. The summed E-state index contributed by atoms with van der Waals surface area (Å²) in [6.07, 6.45) is 2.62. The van der Waals surface area contributed by atoms with Crippen molar-refractivity contribution in [1.29, 1.82) is 0 Å². The largest absolute Gasteiger partial charge is 0.413 e. The van der Waals surface area contributed by atoms with Gasteiger partial charge in [0.25, 0.3) is 0 Å². The second kappa shape index (κ2) is 5.66. The Morgan fingerprint density at radius 2 is 2.11 bits per heavy atom. The lowest BCUT2D eigenvalue weighted by atomic mass is 9.84. The van der Waals surface area contributed by atoms with Gasteiger partial charge in [-0.3, -0.25) is 4.79 Å². The summed E-state index contributed by atoms with van der Waals surface area (Å²) < 4.78 is 6.31. The molecular weight excluding hydrogens is 254 g/mol. The minimum atomic E-state index is -1.82. The molecule has 0 aromatic rings. The van der Waals surface area contributed by atoms with Gasteiger partial charge in [0.1, 0.15) is 0 Å². The number of nitrogens with one attached hydrogen (secondary N) is 1. The highest BCUT2D eigenvalue weighted by atomic mass is 28.4. The van der Waals surface area contributed by atoms with Crippen molar-refractivity contribution in [3.8, 4) is 0 Å². The van der Waals surface area contributed by atoms with Crippen LogP contribution in [0.1, 0.15) is 34.1 Å². The van der Waals surface area contributed by atoms with Crippen molar-refractivity contribution in [2.75, 3.05) is 0 Å². The van der Waals surface area contributed by atoms with Gasteiger partial charge in [0.15, 0.2) is 8.32 Å². The van der Waals surface area contributed by atoms with Crippen molar-refractivity contribution >= 4 is 14.2 Å². The molecule has 3 nitrogen and oxygen atoms in total.